The van der Waals surface area contributed by atoms with E-state index in [1.54, 1.807) is 54.6 Å². The summed E-state index contributed by atoms with van der Waals surface area (Å²) in [4.78, 5) is 21.0. The summed E-state index contributed by atoms with van der Waals surface area (Å²) >= 11 is 0. The van der Waals surface area contributed by atoms with E-state index in [0.717, 1.165) is 11.3 Å². The number of nitrogens with zero attached hydrogens (tertiary/aromatic N) is 5. The maximum Gasteiger partial charge on any atom is 0.260 e. The third-order valence-corrected chi connectivity index (χ3v) is 5.18. The Labute approximate surface area is 194 Å². The van der Waals surface area contributed by atoms with Crippen molar-refractivity contribution in [2.24, 2.45) is 0 Å². The highest BCUT2D eigenvalue weighted by atomic mass is 16.5. The van der Waals surface area contributed by atoms with Crippen LogP contribution < -0.4 is 19.8 Å². The molecule has 4 heterocycles. The van der Waals surface area contributed by atoms with Gasteiger partial charge in [0.05, 0.1) is 25.2 Å². The summed E-state index contributed by atoms with van der Waals surface area (Å²) in [5, 5.41) is 4.22. The van der Waals surface area contributed by atoms with Crippen LogP contribution in [0.25, 0.3) is 11.3 Å². The van der Waals surface area contributed by atoms with Gasteiger partial charge >= 0.3 is 0 Å². The molecule has 170 valence electrons. The van der Waals surface area contributed by atoms with Gasteiger partial charge in [0.15, 0.2) is 5.75 Å². The van der Waals surface area contributed by atoms with Crippen LogP contribution in [0, 0.1) is 6.92 Å². The van der Waals surface area contributed by atoms with Gasteiger partial charge in [-0.25, -0.2) is 14.6 Å². The predicted octanol–water partition coefficient (Wildman–Crippen LogP) is 3.96. The molecule has 0 N–H and O–H groups in total. The maximum absolute atomic E-state index is 12.4. The van der Waals surface area contributed by atoms with Gasteiger partial charge in [-0.15, -0.1) is 0 Å². The number of ether oxygens (including phenoxy) is 3. The Morgan fingerprint density at radius 2 is 1.85 bits per heavy atom. The highest BCUT2D eigenvalue weighted by Gasteiger charge is 2.11. The van der Waals surface area contributed by atoms with Crippen LogP contribution in [0.5, 0.6) is 23.1 Å². The molecule has 9 heteroatoms. The monoisotopic (exact) mass is 455 g/mol. The standard InChI is InChI=1S/C25H21N5O4/c1-17-13-26-23-9-8-20(15-29(23)25(17)31)34-21-12-22(32-2)24(27-14-21)33-16-18-4-6-19(7-5-18)30-11-3-10-28-30/h3-15H,16H2,1-2H3. The first kappa shape index (κ1) is 21.2. The number of fused-ring (bicyclic) bond motifs is 1. The fourth-order valence-corrected chi connectivity index (χ4v) is 3.39. The van der Waals surface area contributed by atoms with Crippen LogP contribution >= 0.6 is 0 Å². The van der Waals surface area contributed by atoms with Gasteiger partial charge in [0.25, 0.3) is 11.4 Å². The van der Waals surface area contributed by atoms with E-state index in [2.05, 4.69) is 15.1 Å². The van der Waals surface area contributed by atoms with Gasteiger partial charge in [-0.2, -0.15) is 5.10 Å². The zero-order chi connectivity index (χ0) is 23.5. The number of benzene rings is 1. The fourth-order valence-electron chi connectivity index (χ4n) is 3.39. The summed E-state index contributed by atoms with van der Waals surface area (Å²) in [7, 11) is 1.54. The van der Waals surface area contributed by atoms with Crippen molar-refractivity contribution in [2.75, 3.05) is 7.11 Å². The van der Waals surface area contributed by atoms with Gasteiger partial charge in [0, 0.05) is 30.2 Å². The van der Waals surface area contributed by atoms with Crippen molar-refractivity contribution in [1.29, 1.82) is 0 Å². The van der Waals surface area contributed by atoms with E-state index in [4.69, 9.17) is 14.2 Å². The van der Waals surface area contributed by atoms with Crippen LogP contribution in [0.15, 0.2) is 84.3 Å². The van der Waals surface area contributed by atoms with E-state index in [9.17, 15) is 4.79 Å². The Morgan fingerprint density at radius 3 is 2.62 bits per heavy atom. The first-order chi connectivity index (χ1) is 16.6. The maximum atomic E-state index is 12.4. The van der Waals surface area contributed by atoms with Crippen molar-refractivity contribution >= 4 is 5.65 Å². The molecule has 0 atom stereocenters. The normalized spacial score (nSPS) is 10.9. The lowest BCUT2D eigenvalue weighted by molar-refractivity contribution is 0.271. The Hall–Kier alpha value is -4.66. The molecule has 1 aromatic carbocycles. The molecule has 0 spiro atoms. The van der Waals surface area contributed by atoms with Crippen molar-refractivity contribution in [2.45, 2.75) is 13.5 Å². The number of aryl methyl sites for hydroxylation is 1. The Kier molecular flexibility index (Phi) is 5.65. The molecule has 5 aromatic rings. The summed E-state index contributed by atoms with van der Waals surface area (Å²) in [6, 6.07) is 14.9. The van der Waals surface area contributed by atoms with Crippen molar-refractivity contribution in [1.82, 2.24) is 24.1 Å². The van der Waals surface area contributed by atoms with Crippen LogP contribution in [0.4, 0.5) is 0 Å². The minimum Gasteiger partial charge on any atom is -0.491 e. The minimum absolute atomic E-state index is 0.146. The Morgan fingerprint density at radius 1 is 1.00 bits per heavy atom. The molecule has 0 saturated heterocycles. The summed E-state index contributed by atoms with van der Waals surface area (Å²) < 4.78 is 20.4. The predicted molar refractivity (Wildman–Crippen MR) is 125 cm³/mol. The molecule has 4 aromatic heterocycles. The van der Waals surface area contributed by atoms with Gasteiger partial charge in [0.1, 0.15) is 23.8 Å². The first-order valence-corrected chi connectivity index (χ1v) is 10.5. The smallest absolute Gasteiger partial charge is 0.260 e. The van der Waals surface area contributed by atoms with Gasteiger partial charge in [-0.3, -0.25) is 9.20 Å². The number of pyridine rings is 2. The molecule has 0 amide bonds. The molecule has 34 heavy (non-hydrogen) atoms. The highest BCUT2D eigenvalue weighted by Crippen LogP contribution is 2.31. The second-order valence-corrected chi connectivity index (χ2v) is 7.53. The van der Waals surface area contributed by atoms with E-state index in [1.165, 1.54) is 11.5 Å². The quantitative estimate of drug-likeness (QED) is 0.367. The van der Waals surface area contributed by atoms with Crippen molar-refractivity contribution in [3.05, 3.63) is 101 Å². The second kappa shape index (κ2) is 9.07. The van der Waals surface area contributed by atoms with Crippen molar-refractivity contribution < 1.29 is 14.2 Å². The van der Waals surface area contributed by atoms with E-state index < -0.39 is 0 Å². The summed E-state index contributed by atoms with van der Waals surface area (Å²) in [6.07, 6.45) is 8.32. The summed E-state index contributed by atoms with van der Waals surface area (Å²) in [6.45, 7) is 2.04. The molecular formula is C25H21N5O4. The third-order valence-electron chi connectivity index (χ3n) is 5.18. The molecule has 9 nitrogen and oxygen atoms in total. The number of hydrogen-bond acceptors (Lipinski definition) is 7. The number of rotatable bonds is 7. The zero-order valence-corrected chi connectivity index (χ0v) is 18.6. The average molecular weight is 455 g/mol. The highest BCUT2D eigenvalue weighted by molar-refractivity contribution is 5.45. The van der Waals surface area contributed by atoms with Gasteiger partial charge < -0.3 is 14.2 Å². The van der Waals surface area contributed by atoms with Gasteiger partial charge in [0.2, 0.25) is 0 Å². The van der Waals surface area contributed by atoms with Gasteiger partial charge in [-0.1, -0.05) is 12.1 Å². The zero-order valence-electron chi connectivity index (χ0n) is 18.6. The minimum atomic E-state index is -0.146. The number of hydrogen-bond donors (Lipinski definition) is 0. The van der Waals surface area contributed by atoms with Crippen LogP contribution in [-0.4, -0.2) is 31.3 Å². The number of aromatic nitrogens is 5. The van der Waals surface area contributed by atoms with Crippen molar-refractivity contribution in [3.8, 4) is 28.8 Å². The second-order valence-electron chi connectivity index (χ2n) is 7.53. The summed E-state index contributed by atoms with van der Waals surface area (Å²) in [5.41, 5.74) is 2.89. The SMILES string of the molecule is COc1cc(Oc2ccc3ncc(C)c(=O)n3c2)cnc1OCc1ccc(-n2cccn2)cc1. The molecule has 0 unspecified atom stereocenters. The van der Waals surface area contributed by atoms with Crippen LogP contribution in [-0.2, 0) is 6.61 Å². The van der Waals surface area contributed by atoms with Gasteiger partial charge in [-0.05, 0) is 42.8 Å². The van der Waals surface area contributed by atoms with E-state index >= 15 is 0 Å². The average Bonchev–Trinajstić information content (AvgIpc) is 3.41. The molecule has 0 aliphatic rings. The van der Waals surface area contributed by atoms with E-state index in [1.807, 2.05) is 36.5 Å². The molecule has 0 radical (unpaired) electrons. The lowest BCUT2D eigenvalue weighted by atomic mass is 10.2. The first-order valence-electron chi connectivity index (χ1n) is 10.5. The third kappa shape index (κ3) is 4.31. The molecule has 0 aliphatic heterocycles. The lowest BCUT2D eigenvalue weighted by Gasteiger charge is -2.12. The molecule has 0 aliphatic carbocycles. The summed E-state index contributed by atoms with van der Waals surface area (Å²) in [5.74, 6) is 1.69. The van der Waals surface area contributed by atoms with Crippen LogP contribution in [0.1, 0.15) is 11.1 Å². The molecular weight excluding hydrogens is 434 g/mol. The Balaban J connectivity index is 1.30. The van der Waals surface area contributed by atoms with Crippen LogP contribution in [0.3, 0.4) is 0 Å². The molecule has 5 rings (SSSR count). The number of methoxy groups -OCH3 is 1. The largest absolute Gasteiger partial charge is 0.491 e. The van der Waals surface area contributed by atoms with Crippen LogP contribution in [0.2, 0.25) is 0 Å². The van der Waals surface area contributed by atoms with E-state index in [-0.39, 0.29) is 5.56 Å². The lowest BCUT2D eigenvalue weighted by Crippen LogP contribution is -2.16. The molecule has 0 saturated carbocycles. The topological polar surface area (TPSA) is 92.8 Å². The molecule has 0 fully saturated rings. The fraction of sp³-hybridized carbons (Fsp3) is 0.120. The Bertz CT molecular complexity index is 1490. The molecule has 0 bridgehead atoms. The van der Waals surface area contributed by atoms with Crippen molar-refractivity contribution in [3.63, 3.8) is 0 Å². The van der Waals surface area contributed by atoms with E-state index in [0.29, 0.717) is 40.9 Å².